The molecular weight excluding hydrogens is 303 g/mol. The highest BCUT2D eigenvalue weighted by Gasteiger charge is 2.05. The van der Waals surface area contributed by atoms with Crippen molar-refractivity contribution >= 4 is 34.6 Å². The molecule has 0 radical (unpaired) electrons. The van der Waals surface area contributed by atoms with Crippen LogP contribution in [0.1, 0.15) is 0 Å². The van der Waals surface area contributed by atoms with Gasteiger partial charge in [0.25, 0.3) is 0 Å². The van der Waals surface area contributed by atoms with Crippen molar-refractivity contribution in [1.29, 1.82) is 0 Å². The van der Waals surface area contributed by atoms with Crippen LogP contribution in [-0.4, -0.2) is 9.97 Å². The van der Waals surface area contributed by atoms with Crippen molar-refractivity contribution < 1.29 is 4.39 Å². The van der Waals surface area contributed by atoms with Gasteiger partial charge in [0.15, 0.2) is 0 Å². The number of aromatic nitrogens is 2. The normalized spacial score (nSPS) is 10.3. The molecule has 0 aliphatic carbocycles. The molecule has 0 atom stereocenters. The van der Waals surface area contributed by atoms with Crippen molar-refractivity contribution in [2.75, 3.05) is 10.6 Å². The molecule has 6 heteroatoms. The zero-order valence-electron chi connectivity index (χ0n) is 11.4. The van der Waals surface area contributed by atoms with Crippen LogP contribution in [0.15, 0.2) is 60.9 Å². The van der Waals surface area contributed by atoms with Crippen LogP contribution in [0.2, 0.25) is 5.02 Å². The minimum Gasteiger partial charge on any atom is -0.339 e. The molecule has 2 aromatic carbocycles. The van der Waals surface area contributed by atoms with Crippen LogP contribution >= 0.6 is 11.6 Å². The summed E-state index contributed by atoms with van der Waals surface area (Å²) in [7, 11) is 0. The van der Waals surface area contributed by atoms with E-state index in [1.165, 1.54) is 12.4 Å². The molecule has 0 saturated carbocycles. The molecule has 4 nitrogen and oxygen atoms in total. The minimum atomic E-state index is -0.346. The summed E-state index contributed by atoms with van der Waals surface area (Å²) in [4.78, 5) is 8.20. The minimum absolute atomic E-state index is 0.346. The summed E-state index contributed by atoms with van der Waals surface area (Å²) in [6.45, 7) is 0. The standard InChI is InChI=1S/C16H12ClFN4/c17-11-5-1-3-7-13(11)21-15-9-16(20-10-19-15)22-14-8-4-2-6-12(14)18/h1-10H,(H2,19,20,21,22). The Morgan fingerprint density at radius 3 is 2.09 bits per heavy atom. The largest absolute Gasteiger partial charge is 0.339 e. The van der Waals surface area contributed by atoms with Gasteiger partial charge in [0.05, 0.1) is 16.4 Å². The Morgan fingerprint density at radius 1 is 0.818 bits per heavy atom. The molecule has 1 heterocycles. The average Bonchev–Trinajstić information content (AvgIpc) is 2.52. The van der Waals surface area contributed by atoms with E-state index in [1.807, 2.05) is 18.2 Å². The van der Waals surface area contributed by atoms with Gasteiger partial charge >= 0.3 is 0 Å². The van der Waals surface area contributed by atoms with E-state index in [0.717, 1.165) is 5.69 Å². The van der Waals surface area contributed by atoms with Crippen molar-refractivity contribution in [3.05, 3.63) is 71.8 Å². The number of halogens is 2. The van der Waals surface area contributed by atoms with Crippen molar-refractivity contribution in [3.63, 3.8) is 0 Å². The van der Waals surface area contributed by atoms with Crippen LogP contribution in [0.3, 0.4) is 0 Å². The maximum Gasteiger partial charge on any atom is 0.146 e. The van der Waals surface area contributed by atoms with Gasteiger partial charge in [0.2, 0.25) is 0 Å². The molecule has 0 fully saturated rings. The molecule has 3 rings (SSSR count). The van der Waals surface area contributed by atoms with E-state index in [2.05, 4.69) is 20.6 Å². The molecule has 0 unspecified atom stereocenters. The fourth-order valence-electron chi connectivity index (χ4n) is 1.90. The molecule has 0 aliphatic heterocycles. The van der Waals surface area contributed by atoms with Gasteiger partial charge in [0.1, 0.15) is 23.8 Å². The summed E-state index contributed by atoms with van der Waals surface area (Å²) in [6.07, 6.45) is 1.39. The molecule has 1 aromatic heterocycles. The molecule has 0 amide bonds. The maximum atomic E-state index is 13.6. The second-order valence-corrected chi connectivity index (χ2v) is 4.91. The molecule has 0 bridgehead atoms. The smallest absolute Gasteiger partial charge is 0.146 e. The molecular formula is C16H12ClFN4. The number of nitrogens with zero attached hydrogens (tertiary/aromatic N) is 2. The number of benzene rings is 2. The first-order valence-corrected chi connectivity index (χ1v) is 6.95. The molecule has 0 spiro atoms. The highest BCUT2D eigenvalue weighted by atomic mass is 35.5. The fraction of sp³-hybridized carbons (Fsp3) is 0. The van der Waals surface area contributed by atoms with E-state index in [0.29, 0.717) is 22.3 Å². The van der Waals surface area contributed by atoms with E-state index < -0.39 is 0 Å². The quantitative estimate of drug-likeness (QED) is 0.729. The Morgan fingerprint density at radius 2 is 1.41 bits per heavy atom. The number of nitrogens with one attached hydrogen (secondary N) is 2. The third-order valence-electron chi connectivity index (χ3n) is 2.94. The molecule has 0 aliphatic rings. The summed E-state index contributed by atoms with van der Waals surface area (Å²) in [5, 5.41) is 6.60. The van der Waals surface area contributed by atoms with Crippen molar-refractivity contribution in [1.82, 2.24) is 9.97 Å². The van der Waals surface area contributed by atoms with Gasteiger partial charge in [-0.2, -0.15) is 0 Å². The van der Waals surface area contributed by atoms with Gasteiger partial charge in [-0.15, -0.1) is 0 Å². The zero-order chi connectivity index (χ0) is 15.4. The van der Waals surface area contributed by atoms with Crippen LogP contribution in [0, 0.1) is 5.82 Å². The lowest BCUT2D eigenvalue weighted by atomic mass is 10.3. The van der Waals surface area contributed by atoms with Gasteiger partial charge < -0.3 is 10.6 Å². The van der Waals surface area contributed by atoms with Gasteiger partial charge in [0, 0.05) is 6.07 Å². The Labute approximate surface area is 132 Å². The van der Waals surface area contributed by atoms with Crippen LogP contribution < -0.4 is 10.6 Å². The van der Waals surface area contributed by atoms with E-state index in [9.17, 15) is 4.39 Å². The second-order valence-electron chi connectivity index (χ2n) is 4.50. The second kappa shape index (κ2) is 6.41. The van der Waals surface area contributed by atoms with Gasteiger partial charge in [-0.25, -0.2) is 14.4 Å². The molecule has 110 valence electrons. The Bertz CT molecular complexity index is 732. The first kappa shape index (κ1) is 14.3. The van der Waals surface area contributed by atoms with Crippen LogP contribution in [0.4, 0.5) is 27.4 Å². The highest BCUT2D eigenvalue weighted by Crippen LogP contribution is 2.25. The number of anilines is 4. The lowest BCUT2D eigenvalue weighted by Crippen LogP contribution is -1.99. The summed E-state index contributed by atoms with van der Waals surface area (Å²) < 4.78 is 13.6. The predicted octanol–water partition coefficient (Wildman–Crippen LogP) is 4.76. The first-order chi connectivity index (χ1) is 10.7. The Kier molecular flexibility index (Phi) is 4.16. The average molecular weight is 315 g/mol. The van der Waals surface area contributed by atoms with E-state index in [-0.39, 0.29) is 5.82 Å². The summed E-state index contributed by atoms with van der Waals surface area (Å²) in [6, 6.07) is 15.4. The summed E-state index contributed by atoms with van der Waals surface area (Å²) >= 11 is 6.09. The van der Waals surface area contributed by atoms with E-state index >= 15 is 0 Å². The maximum absolute atomic E-state index is 13.6. The number of para-hydroxylation sites is 2. The first-order valence-electron chi connectivity index (χ1n) is 6.57. The van der Waals surface area contributed by atoms with Crippen LogP contribution in [0.5, 0.6) is 0 Å². The third-order valence-corrected chi connectivity index (χ3v) is 3.27. The van der Waals surface area contributed by atoms with Crippen molar-refractivity contribution in [3.8, 4) is 0 Å². The molecule has 22 heavy (non-hydrogen) atoms. The van der Waals surface area contributed by atoms with Crippen molar-refractivity contribution in [2.24, 2.45) is 0 Å². The lowest BCUT2D eigenvalue weighted by molar-refractivity contribution is 0.632. The summed E-state index contributed by atoms with van der Waals surface area (Å²) in [5.74, 6) is 0.693. The summed E-state index contributed by atoms with van der Waals surface area (Å²) in [5.41, 5.74) is 1.09. The van der Waals surface area contributed by atoms with E-state index in [4.69, 9.17) is 11.6 Å². The predicted molar refractivity (Wildman–Crippen MR) is 86.4 cm³/mol. The van der Waals surface area contributed by atoms with Gasteiger partial charge in [-0.1, -0.05) is 35.9 Å². The van der Waals surface area contributed by atoms with Crippen molar-refractivity contribution in [2.45, 2.75) is 0 Å². The van der Waals surface area contributed by atoms with Gasteiger partial charge in [-0.05, 0) is 24.3 Å². The molecule has 2 N–H and O–H groups in total. The molecule has 0 saturated heterocycles. The number of rotatable bonds is 4. The SMILES string of the molecule is Fc1ccccc1Nc1cc(Nc2ccccc2Cl)ncn1. The third kappa shape index (κ3) is 3.32. The number of hydrogen-bond acceptors (Lipinski definition) is 4. The molecule has 3 aromatic rings. The fourth-order valence-corrected chi connectivity index (χ4v) is 2.08. The Hall–Kier alpha value is -2.66. The lowest BCUT2D eigenvalue weighted by Gasteiger charge is -2.10. The topological polar surface area (TPSA) is 49.8 Å². The van der Waals surface area contributed by atoms with Crippen LogP contribution in [-0.2, 0) is 0 Å². The zero-order valence-corrected chi connectivity index (χ0v) is 12.2. The van der Waals surface area contributed by atoms with E-state index in [1.54, 1.807) is 30.3 Å². The Balaban J connectivity index is 1.81. The van der Waals surface area contributed by atoms with Gasteiger partial charge in [-0.3, -0.25) is 0 Å². The van der Waals surface area contributed by atoms with Crippen LogP contribution in [0.25, 0.3) is 0 Å². The number of hydrogen-bond donors (Lipinski definition) is 2. The highest BCUT2D eigenvalue weighted by molar-refractivity contribution is 6.33. The monoisotopic (exact) mass is 314 g/mol.